The van der Waals surface area contributed by atoms with Gasteiger partial charge in [0, 0.05) is 18.2 Å². The van der Waals surface area contributed by atoms with Crippen LogP contribution in [0, 0.1) is 0 Å². The fraction of sp³-hybridized carbons (Fsp3) is 0.286. The maximum Gasteiger partial charge on any atom is 0.226 e. The van der Waals surface area contributed by atoms with E-state index in [1.807, 2.05) is 37.3 Å². The molecule has 0 saturated carbocycles. The largest absolute Gasteiger partial charge is 0.494 e. The van der Waals surface area contributed by atoms with E-state index in [1.54, 1.807) is 6.26 Å². The molecule has 1 atom stereocenters. The molecule has 4 nitrogen and oxygen atoms in total. The smallest absolute Gasteiger partial charge is 0.226 e. The third-order valence-electron chi connectivity index (χ3n) is 4.30. The van der Waals surface area contributed by atoms with Gasteiger partial charge in [0.2, 0.25) is 5.89 Å². The number of benzene rings is 2. The molecular formula is C21H24N2O2. The predicted molar refractivity (Wildman–Crippen MR) is 99.4 cm³/mol. The van der Waals surface area contributed by atoms with E-state index in [9.17, 15) is 0 Å². The first-order valence-electron chi connectivity index (χ1n) is 8.60. The summed E-state index contributed by atoms with van der Waals surface area (Å²) in [5.41, 5.74) is 3.14. The Morgan fingerprint density at radius 2 is 1.92 bits per heavy atom. The fourth-order valence-corrected chi connectivity index (χ4v) is 2.78. The summed E-state index contributed by atoms with van der Waals surface area (Å²) in [6, 6.07) is 18.6. The van der Waals surface area contributed by atoms with Gasteiger partial charge in [0.15, 0.2) is 0 Å². The van der Waals surface area contributed by atoms with Crippen LogP contribution in [0.4, 0.5) is 0 Å². The highest BCUT2D eigenvalue weighted by Gasteiger charge is 2.14. The second kappa shape index (κ2) is 7.99. The van der Waals surface area contributed by atoms with E-state index in [-0.39, 0.29) is 0 Å². The van der Waals surface area contributed by atoms with E-state index < -0.39 is 0 Å². The highest BCUT2D eigenvalue weighted by atomic mass is 16.5. The van der Waals surface area contributed by atoms with Crippen LogP contribution in [0.3, 0.4) is 0 Å². The minimum Gasteiger partial charge on any atom is -0.494 e. The Labute approximate surface area is 149 Å². The maximum absolute atomic E-state index is 5.68. The molecule has 2 aromatic carbocycles. The highest BCUT2D eigenvalue weighted by Crippen LogP contribution is 2.25. The minimum absolute atomic E-state index is 0.308. The summed E-state index contributed by atoms with van der Waals surface area (Å²) in [6.45, 7) is 5.54. The van der Waals surface area contributed by atoms with Crippen LogP contribution in [0.5, 0.6) is 5.75 Å². The van der Waals surface area contributed by atoms with Crippen molar-refractivity contribution in [3.63, 3.8) is 0 Å². The first-order valence-corrected chi connectivity index (χ1v) is 8.60. The first kappa shape index (κ1) is 17.2. The van der Waals surface area contributed by atoms with Gasteiger partial charge < -0.3 is 9.15 Å². The number of hydrogen-bond acceptors (Lipinski definition) is 4. The van der Waals surface area contributed by atoms with E-state index in [0.717, 1.165) is 23.6 Å². The molecule has 0 saturated heterocycles. The third kappa shape index (κ3) is 4.28. The summed E-state index contributed by atoms with van der Waals surface area (Å²) in [7, 11) is 2.10. The van der Waals surface area contributed by atoms with Gasteiger partial charge in [-0.15, -0.1) is 0 Å². The molecule has 0 aliphatic rings. The molecule has 0 radical (unpaired) electrons. The molecule has 4 heteroatoms. The molecular weight excluding hydrogens is 312 g/mol. The lowest BCUT2D eigenvalue weighted by molar-refractivity contribution is 0.250. The van der Waals surface area contributed by atoms with Crippen molar-refractivity contribution in [2.24, 2.45) is 0 Å². The molecule has 0 fully saturated rings. The van der Waals surface area contributed by atoms with Gasteiger partial charge in [0.25, 0.3) is 0 Å². The van der Waals surface area contributed by atoms with Crippen molar-refractivity contribution < 1.29 is 9.15 Å². The zero-order valence-corrected chi connectivity index (χ0v) is 15.0. The fourth-order valence-electron chi connectivity index (χ4n) is 2.78. The zero-order valence-electron chi connectivity index (χ0n) is 15.0. The second-order valence-electron chi connectivity index (χ2n) is 6.11. The monoisotopic (exact) mass is 336 g/mol. The Kier molecular flexibility index (Phi) is 5.51. The molecule has 0 aliphatic heterocycles. The van der Waals surface area contributed by atoms with Crippen molar-refractivity contribution in [3.8, 4) is 17.2 Å². The summed E-state index contributed by atoms with van der Waals surface area (Å²) < 4.78 is 11.2. The standard InChI is InChI=1S/C21H24N2O2/c1-4-24-20-12-8-11-18(13-20)21-22-19(15-25-21)14-23(3)16(2)17-9-6-5-7-10-17/h5-13,15-16H,4,14H2,1-3H3. The van der Waals surface area contributed by atoms with Crippen molar-refractivity contribution in [1.82, 2.24) is 9.88 Å². The number of oxazole rings is 1. The van der Waals surface area contributed by atoms with Crippen LogP contribution in [0.2, 0.25) is 0 Å². The Morgan fingerprint density at radius 1 is 1.12 bits per heavy atom. The average Bonchev–Trinajstić information content (AvgIpc) is 3.11. The van der Waals surface area contributed by atoms with Crippen molar-refractivity contribution in [2.75, 3.05) is 13.7 Å². The van der Waals surface area contributed by atoms with E-state index in [4.69, 9.17) is 9.15 Å². The summed E-state index contributed by atoms with van der Waals surface area (Å²) in [5.74, 6) is 1.45. The molecule has 25 heavy (non-hydrogen) atoms. The third-order valence-corrected chi connectivity index (χ3v) is 4.30. The van der Waals surface area contributed by atoms with Gasteiger partial charge in [-0.1, -0.05) is 36.4 Å². The van der Waals surface area contributed by atoms with Gasteiger partial charge >= 0.3 is 0 Å². The topological polar surface area (TPSA) is 38.5 Å². The maximum atomic E-state index is 5.68. The van der Waals surface area contributed by atoms with Gasteiger partial charge in [-0.2, -0.15) is 0 Å². The van der Waals surface area contributed by atoms with Crippen LogP contribution in [0.15, 0.2) is 65.3 Å². The summed E-state index contributed by atoms with van der Waals surface area (Å²) in [4.78, 5) is 6.89. The Bertz CT molecular complexity index is 798. The molecule has 0 aliphatic carbocycles. The highest BCUT2D eigenvalue weighted by molar-refractivity contribution is 5.56. The Hall–Kier alpha value is -2.59. The number of ether oxygens (including phenoxy) is 1. The molecule has 0 bridgehead atoms. The van der Waals surface area contributed by atoms with Crippen molar-refractivity contribution in [2.45, 2.75) is 26.4 Å². The molecule has 0 N–H and O–H groups in total. The summed E-state index contributed by atoms with van der Waals surface area (Å²) in [5, 5.41) is 0. The van der Waals surface area contributed by atoms with E-state index >= 15 is 0 Å². The normalized spacial score (nSPS) is 12.3. The Morgan fingerprint density at radius 3 is 2.68 bits per heavy atom. The van der Waals surface area contributed by atoms with E-state index in [1.165, 1.54) is 5.56 Å². The van der Waals surface area contributed by atoms with Crippen LogP contribution in [-0.2, 0) is 6.54 Å². The number of nitrogens with zero attached hydrogens (tertiary/aromatic N) is 2. The van der Waals surface area contributed by atoms with Crippen molar-refractivity contribution in [3.05, 3.63) is 72.1 Å². The lowest BCUT2D eigenvalue weighted by Gasteiger charge is -2.24. The second-order valence-corrected chi connectivity index (χ2v) is 6.11. The van der Waals surface area contributed by atoms with Gasteiger partial charge in [-0.05, 0) is 44.7 Å². The van der Waals surface area contributed by atoms with E-state index in [2.05, 4.69) is 48.1 Å². The molecule has 0 amide bonds. The van der Waals surface area contributed by atoms with Crippen molar-refractivity contribution in [1.29, 1.82) is 0 Å². The van der Waals surface area contributed by atoms with Gasteiger partial charge in [0.05, 0.1) is 12.3 Å². The van der Waals surface area contributed by atoms with E-state index in [0.29, 0.717) is 18.5 Å². The molecule has 130 valence electrons. The average molecular weight is 336 g/mol. The van der Waals surface area contributed by atoms with Gasteiger partial charge in [-0.3, -0.25) is 4.90 Å². The van der Waals surface area contributed by atoms with Crippen LogP contribution in [0.25, 0.3) is 11.5 Å². The van der Waals surface area contributed by atoms with Crippen LogP contribution < -0.4 is 4.74 Å². The first-order chi connectivity index (χ1) is 12.2. The van der Waals surface area contributed by atoms with Crippen LogP contribution >= 0.6 is 0 Å². The number of hydrogen-bond donors (Lipinski definition) is 0. The molecule has 1 unspecified atom stereocenters. The zero-order chi connectivity index (χ0) is 17.6. The number of rotatable bonds is 7. The van der Waals surface area contributed by atoms with Gasteiger partial charge in [-0.25, -0.2) is 4.98 Å². The molecule has 0 spiro atoms. The van der Waals surface area contributed by atoms with Crippen molar-refractivity contribution >= 4 is 0 Å². The summed E-state index contributed by atoms with van der Waals surface area (Å²) in [6.07, 6.45) is 1.73. The quantitative estimate of drug-likeness (QED) is 0.613. The molecule has 1 heterocycles. The van der Waals surface area contributed by atoms with Crippen LogP contribution in [-0.4, -0.2) is 23.5 Å². The minimum atomic E-state index is 0.308. The molecule has 3 rings (SSSR count). The number of aromatic nitrogens is 1. The predicted octanol–water partition coefficient (Wildman–Crippen LogP) is 4.93. The molecule has 1 aromatic heterocycles. The summed E-state index contributed by atoms with van der Waals surface area (Å²) >= 11 is 0. The Balaban J connectivity index is 1.70. The molecule has 3 aromatic rings. The van der Waals surface area contributed by atoms with Gasteiger partial charge in [0.1, 0.15) is 12.0 Å². The van der Waals surface area contributed by atoms with Crippen LogP contribution in [0.1, 0.15) is 31.1 Å². The SMILES string of the molecule is CCOc1cccc(-c2nc(CN(C)C(C)c3ccccc3)co2)c1. The lowest BCUT2D eigenvalue weighted by atomic mass is 10.1. The lowest BCUT2D eigenvalue weighted by Crippen LogP contribution is -2.22.